The molecule has 1 aromatic carbocycles. The van der Waals surface area contributed by atoms with Crippen molar-refractivity contribution in [3.8, 4) is 5.75 Å². The standard InChI is InChI=1S/C20H29NO.ClH/c1-20-9-4-5-17(20)15-7-6-13-11-19(22)18(21(2)3)12-16(13)14(15)8-10-20;/h11-12,14-15,17,22H,4-10H2,1-3H3;1H/t14-,15+,17-,20-;/m0./s1. The number of phenols is 1. The Kier molecular flexibility index (Phi) is 4.33. The van der Waals surface area contributed by atoms with E-state index in [0.717, 1.165) is 29.9 Å². The number of benzene rings is 1. The molecule has 3 heteroatoms. The average Bonchev–Trinajstić information content (AvgIpc) is 2.87. The molecule has 3 aliphatic rings. The summed E-state index contributed by atoms with van der Waals surface area (Å²) in [6.07, 6.45) is 9.58. The second-order valence-corrected chi connectivity index (χ2v) is 8.43. The van der Waals surface area contributed by atoms with Gasteiger partial charge in [0, 0.05) is 14.1 Å². The van der Waals surface area contributed by atoms with Gasteiger partial charge in [-0.1, -0.05) is 13.3 Å². The van der Waals surface area contributed by atoms with Gasteiger partial charge < -0.3 is 10.0 Å². The molecule has 4 rings (SSSR count). The molecule has 0 amide bonds. The maximum atomic E-state index is 10.3. The van der Waals surface area contributed by atoms with Crippen LogP contribution in [0.25, 0.3) is 0 Å². The molecule has 3 aliphatic carbocycles. The van der Waals surface area contributed by atoms with Gasteiger partial charge in [0.05, 0.1) is 5.69 Å². The van der Waals surface area contributed by atoms with Crippen LogP contribution in [0.5, 0.6) is 5.75 Å². The zero-order chi connectivity index (χ0) is 15.5. The predicted molar refractivity (Wildman–Crippen MR) is 98.9 cm³/mol. The van der Waals surface area contributed by atoms with Gasteiger partial charge in [0.25, 0.3) is 0 Å². The number of anilines is 1. The summed E-state index contributed by atoms with van der Waals surface area (Å²) in [5.74, 6) is 3.01. The number of aryl methyl sites for hydroxylation is 1. The maximum Gasteiger partial charge on any atom is 0.139 e. The number of hydrogen-bond donors (Lipinski definition) is 1. The van der Waals surface area contributed by atoms with Crippen LogP contribution in [0.4, 0.5) is 5.69 Å². The van der Waals surface area contributed by atoms with Crippen molar-refractivity contribution in [3.63, 3.8) is 0 Å². The van der Waals surface area contributed by atoms with E-state index in [9.17, 15) is 5.11 Å². The van der Waals surface area contributed by atoms with Crippen molar-refractivity contribution in [1.29, 1.82) is 0 Å². The fourth-order valence-corrected chi connectivity index (χ4v) is 5.95. The van der Waals surface area contributed by atoms with E-state index in [4.69, 9.17) is 0 Å². The molecule has 0 radical (unpaired) electrons. The molecule has 0 spiro atoms. The van der Waals surface area contributed by atoms with Gasteiger partial charge in [-0.3, -0.25) is 0 Å². The molecule has 2 saturated carbocycles. The molecule has 1 aromatic rings. The van der Waals surface area contributed by atoms with Crippen LogP contribution >= 0.6 is 12.4 Å². The van der Waals surface area contributed by atoms with Crippen molar-refractivity contribution in [1.82, 2.24) is 0 Å². The van der Waals surface area contributed by atoms with E-state index in [-0.39, 0.29) is 12.4 Å². The first-order valence-electron chi connectivity index (χ1n) is 9.03. The van der Waals surface area contributed by atoms with Crippen LogP contribution < -0.4 is 4.90 Å². The average molecular weight is 336 g/mol. The molecule has 2 fully saturated rings. The summed E-state index contributed by atoms with van der Waals surface area (Å²) in [5.41, 5.74) is 4.57. The highest BCUT2D eigenvalue weighted by atomic mass is 35.5. The molecule has 0 heterocycles. The molecule has 128 valence electrons. The van der Waals surface area contributed by atoms with Crippen molar-refractivity contribution in [2.75, 3.05) is 19.0 Å². The Hall–Kier alpha value is -0.890. The fourth-order valence-electron chi connectivity index (χ4n) is 5.95. The highest BCUT2D eigenvalue weighted by molar-refractivity contribution is 5.85. The molecule has 0 aliphatic heterocycles. The third-order valence-corrected chi connectivity index (χ3v) is 7.08. The molecular weight excluding hydrogens is 306 g/mol. The van der Waals surface area contributed by atoms with Gasteiger partial charge in [0.2, 0.25) is 0 Å². The number of hydrogen-bond acceptors (Lipinski definition) is 2. The van der Waals surface area contributed by atoms with Gasteiger partial charge in [-0.05, 0) is 85.0 Å². The molecule has 23 heavy (non-hydrogen) atoms. The van der Waals surface area contributed by atoms with Crippen molar-refractivity contribution < 1.29 is 5.11 Å². The number of phenolic OH excluding ortho intramolecular Hbond substituents is 1. The lowest BCUT2D eigenvalue weighted by molar-refractivity contribution is 0.0598. The highest BCUT2D eigenvalue weighted by Gasteiger charge is 2.50. The Morgan fingerprint density at radius 2 is 1.91 bits per heavy atom. The molecule has 2 nitrogen and oxygen atoms in total. The number of halogens is 1. The third kappa shape index (κ3) is 2.54. The summed E-state index contributed by atoms with van der Waals surface area (Å²) >= 11 is 0. The zero-order valence-electron chi connectivity index (χ0n) is 14.6. The second-order valence-electron chi connectivity index (χ2n) is 8.43. The Bertz CT molecular complexity index is 600. The minimum absolute atomic E-state index is 0. The van der Waals surface area contributed by atoms with E-state index < -0.39 is 0 Å². The number of fused-ring (bicyclic) bond motifs is 5. The normalized spacial score (nSPS) is 34.8. The monoisotopic (exact) mass is 335 g/mol. The largest absolute Gasteiger partial charge is 0.506 e. The van der Waals surface area contributed by atoms with Gasteiger partial charge in [-0.15, -0.1) is 12.4 Å². The lowest BCUT2D eigenvalue weighted by Gasteiger charge is -2.49. The Balaban J connectivity index is 0.00000156. The van der Waals surface area contributed by atoms with Crippen molar-refractivity contribution in [2.45, 2.75) is 57.8 Å². The Labute approximate surface area is 146 Å². The fraction of sp³-hybridized carbons (Fsp3) is 0.700. The molecular formula is C20H30ClNO. The van der Waals surface area contributed by atoms with E-state index >= 15 is 0 Å². The summed E-state index contributed by atoms with van der Waals surface area (Å²) in [5, 5.41) is 10.3. The van der Waals surface area contributed by atoms with E-state index in [1.807, 2.05) is 25.1 Å². The lowest BCUT2D eigenvalue weighted by Crippen LogP contribution is -2.39. The predicted octanol–water partition coefficient (Wildman–Crippen LogP) is 5.13. The number of aromatic hydroxyl groups is 1. The third-order valence-electron chi connectivity index (χ3n) is 7.08. The van der Waals surface area contributed by atoms with Gasteiger partial charge in [0.1, 0.15) is 5.75 Å². The van der Waals surface area contributed by atoms with Gasteiger partial charge >= 0.3 is 0 Å². The second kappa shape index (κ2) is 5.88. The van der Waals surface area contributed by atoms with E-state index in [2.05, 4.69) is 13.0 Å². The molecule has 0 aromatic heterocycles. The number of nitrogens with zero attached hydrogens (tertiary/aromatic N) is 1. The first kappa shape index (κ1) is 17.0. The topological polar surface area (TPSA) is 23.5 Å². The highest BCUT2D eigenvalue weighted by Crippen LogP contribution is 2.61. The first-order chi connectivity index (χ1) is 10.5. The van der Waals surface area contributed by atoms with Crippen LogP contribution in [-0.2, 0) is 6.42 Å². The summed E-state index contributed by atoms with van der Waals surface area (Å²) in [6.45, 7) is 2.55. The van der Waals surface area contributed by atoms with Crippen LogP contribution in [0.15, 0.2) is 12.1 Å². The van der Waals surface area contributed by atoms with E-state index in [1.165, 1.54) is 44.1 Å². The number of rotatable bonds is 1. The smallest absolute Gasteiger partial charge is 0.139 e. The van der Waals surface area contributed by atoms with Crippen molar-refractivity contribution in [3.05, 3.63) is 23.3 Å². The van der Waals surface area contributed by atoms with Crippen molar-refractivity contribution >= 4 is 18.1 Å². The molecule has 4 atom stereocenters. The Morgan fingerprint density at radius 3 is 2.65 bits per heavy atom. The van der Waals surface area contributed by atoms with E-state index in [1.54, 1.807) is 5.56 Å². The summed E-state index contributed by atoms with van der Waals surface area (Å²) < 4.78 is 0. The van der Waals surface area contributed by atoms with Gasteiger partial charge in [-0.25, -0.2) is 0 Å². The van der Waals surface area contributed by atoms with Crippen molar-refractivity contribution in [2.24, 2.45) is 17.3 Å². The maximum absolute atomic E-state index is 10.3. The summed E-state index contributed by atoms with van der Waals surface area (Å²) in [6, 6.07) is 4.34. The minimum Gasteiger partial charge on any atom is -0.506 e. The lowest BCUT2D eigenvalue weighted by atomic mass is 9.56. The van der Waals surface area contributed by atoms with Gasteiger partial charge in [0.15, 0.2) is 0 Å². The van der Waals surface area contributed by atoms with Gasteiger partial charge in [-0.2, -0.15) is 0 Å². The van der Waals surface area contributed by atoms with E-state index in [0.29, 0.717) is 11.2 Å². The Morgan fingerprint density at radius 1 is 1.13 bits per heavy atom. The quantitative estimate of drug-likeness (QED) is 0.769. The van der Waals surface area contributed by atoms with Crippen LogP contribution in [0.3, 0.4) is 0 Å². The summed E-state index contributed by atoms with van der Waals surface area (Å²) in [7, 11) is 4.05. The molecule has 1 N–H and O–H groups in total. The zero-order valence-corrected chi connectivity index (χ0v) is 15.5. The molecule has 0 saturated heterocycles. The first-order valence-corrected chi connectivity index (χ1v) is 9.03. The van der Waals surface area contributed by atoms with Crippen LogP contribution in [0.1, 0.15) is 62.5 Å². The molecule has 0 unspecified atom stereocenters. The van der Waals surface area contributed by atoms with Crippen LogP contribution in [0.2, 0.25) is 0 Å². The van der Waals surface area contributed by atoms with Crippen LogP contribution in [-0.4, -0.2) is 19.2 Å². The SMILES string of the molecule is CN(C)c1cc2c(cc1O)CC[C@@H]1[C@@H]2CC[C@]2(C)CCC[C@@H]12.Cl. The van der Waals surface area contributed by atoms with Crippen LogP contribution in [0, 0.1) is 17.3 Å². The molecule has 0 bridgehead atoms. The minimum atomic E-state index is 0. The summed E-state index contributed by atoms with van der Waals surface area (Å²) in [4.78, 5) is 2.04.